The Morgan fingerprint density at radius 2 is 2.05 bits per heavy atom. The van der Waals surface area contributed by atoms with Crippen molar-refractivity contribution >= 4 is 29.2 Å². The molecule has 0 aliphatic heterocycles. The molecule has 0 heterocycles. The third kappa shape index (κ3) is 5.18. The first-order valence-corrected chi connectivity index (χ1v) is 6.30. The van der Waals surface area contributed by atoms with Crippen LogP contribution in [-0.4, -0.2) is 25.2 Å². The molecular formula is C13H16ClNO4. The van der Waals surface area contributed by atoms with Crippen LogP contribution in [0.15, 0.2) is 18.2 Å². The van der Waals surface area contributed by atoms with E-state index >= 15 is 0 Å². The maximum absolute atomic E-state index is 11.7. The van der Waals surface area contributed by atoms with Crippen LogP contribution in [0.2, 0.25) is 5.02 Å². The highest BCUT2D eigenvalue weighted by Gasteiger charge is 2.14. The van der Waals surface area contributed by atoms with Crippen molar-refractivity contribution in [3.63, 3.8) is 0 Å². The van der Waals surface area contributed by atoms with Gasteiger partial charge in [-0.05, 0) is 24.6 Å². The van der Waals surface area contributed by atoms with Crippen LogP contribution in [-0.2, 0) is 14.3 Å². The molecule has 2 N–H and O–H groups in total. The average molecular weight is 286 g/mol. The van der Waals surface area contributed by atoms with E-state index in [1.54, 1.807) is 0 Å². The maximum atomic E-state index is 11.7. The third-order valence-electron chi connectivity index (χ3n) is 2.30. The summed E-state index contributed by atoms with van der Waals surface area (Å²) in [7, 11) is 0. The van der Waals surface area contributed by atoms with E-state index in [-0.39, 0.29) is 10.6 Å². The molecule has 5 nitrogen and oxygen atoms in total. The van der Waals surface area contributed by atoms with Crippen LogP contribution in [0.3, 0.4) is 0 Å². The van der Waals surface area contributed by atoms with Gasteiger partial charge in [-0.1, -0.05) is 24.9 Å². The number of esters is 2. The molecule has 6 heteroatoms. The topological polar surface area (TPSA) is 78.6 Å². The molecule has 0 fully saturated rings. The summed E-state index contributed by atoms with van der Waals surface area (Å²) in [4.78, 5) is 22.9. The van der Waals surface area contributed by atoms with E-state index in [9.17, 15) is 9.59 Å². The number of unbranched alkanes of at least 4 members (excludes halogenated alkanes) is 1. The summed E-state index contributed by atoms with van der Waals surface area (Å²) in [5.74, 6) is -1.26. The van der Waals surface area contributed by atoms with Gasteiger partial charge in [-0.3, -0.25) is 0 Å². The van der Waals surface area contributed by atoms with Crippen molar-refractivity contribution < 1.29 is 19.1 Å². The molecule has 0 aliphatic carbocycles. The van der Waals surface area contributed by atoms with Gasteiger partial charge < -0.3 is 15.2 Å². The van der Waals surface area contributed by atoms with Gasteiger partial charge in [0, 0.05) is 5.69 Å². The van der Waals surface area contributed by atoms with Crippen molar-refractivity contribution in [1.82, 2.24) is 0 Å². The van der Waals surface area contributed by atoms with Gasteiger partial charge in [0.2, 0.25) is 0 Å². The van der Waals surface area contributed by atoms with Crippen molar-refractivity contribution in [2.45, 2.75) is 19.8 Å². The summed E-state index contributed by atoms with van der Waals surface area (Å²) in [6, 6.07) is 4.42. The monoisotopic (exact) mass is 285 g/mol. The number of halogens is 1. The minimum Gasteiger partial charge on any atom is -0.463 e. The third-order valence-corrected chi connectivity index (χ3v) is 2.61. The summed E-state index contributed by atoms with van der Waals surface area (Å²) in [5.41, 5.74) is 6.12. The molecule has 0 saturated heterocycles. The van der Waals surface area contributed by atoms with E-state index in [1.165, 1.54) is 18.2 Å². The van der Waals surface area contributed by atoms with Crippen LogP contribution < -0.4 is 5.73 Å². The van der Waals surface area contributed by atoms with Gasteiger partial charge >= 0.3 is 11.9 Å². The van der Waals surface area contributed by atoms with Crippen molar-refractivity contribution in [3.8, 4) is 0 Å². The van der Waals surface area contributed by atoms with Gasteiger partial charge in [-0.2, -0.15) is 0 Å². The Morgan fingerprint density at radius 3 is 2.68 bits per heavy atom. The first-order chi connectivity index (χ1) is 9.04. The second-order valence-corrected chi connectivity index (χ2v) is 4.30. The quantitative estimate of drug-likeness (QED) is 0.493. The zero-order valence-electron chi connectivity index (χ0n) is 10.6. The van der Waals surface area contributed by atoms with Gasteiger partial charge in [-0.25, -0.2) is 9.59 Å². The van der Waals surface area contributed by atoms with E-state index in [4.69, 9.17) is 26.8 Å². The Bertz CT molecular complexity index is 462. The number of benzene rings is 1. The number of carbonyl (C=O) groups excluding carboxylic acids is 2. The number of carbonyl (C=O) groups is 2. The summed E-state index contributed by atoms with van der Waals surface area (Å²) < 4.78 is 9.65. The van der Waals surface area contributed by atoms with Gasteiger partial charge in [0.25, 0.3) is 0 Å². The van der Waals surface area contributed by atoms with Crippen LogP contribution >= 0.6 is 11.6 Å². The number of hydrogen-bond donors (Lipinski definition) is 1. The molecule has 0 aliphatic rings. The Hall–Kier alpha value is -1.75. The minimum atomic E-state index is -0.683. The molecule has 0 radical (unpaired) electrons. The van der Waals surface area contributed by atoms with Gasteiger partial charge in [0.15, 0.2) is 6.61 Å². The predicted octanol–water partition coefficient (Wildman–Crippen LogP) is 2.42. The molecule has 0 spiro atoms. The molecule has 0 bridgehead atoms. The highest BCUT2D eigenvalue weighted by Crippen LogP contribution is 2.19. The van der Waals surface area contributed by atoms with E-state index < -0.39 is 18.5 Å². The Balaban J connectivity index is 2.45. The van der Waals surface area contributed by atoms with Crippen LogP contribution in [0.1, 0.15) is 30.1 Å². The molecule has 19 heavy (non-hydrogen) atoms. The lowest BCUT2D eigenvalue weighted by atomic mass is 10.2. The van der Waals surface area contributed by atoms with Gasteiger partial charge in [-0.15, -0.1) is 0 Å². The molecule has 0 saturated carbocycles. The van der Waals surface area contributed by atoms with Crippen molar-refractivity contribution in [2.75, 3.05) is 18.9 Å². The lowest BCUT2D eigenvalue weighted by Gasteiger charge is -2.07. The van der Waals surface area contributed by atoms with E-state index in [0.717, 1.165) is 12.8 Å². The van der Waals surface area contributed by atoms with Crippen LogP contribution in [0, 0.1) is 0 Å². The largest absolute Gasteiger partial charge is 0.463 e. The second-order valence-electron chi connectivity index (χ2n) is 3.89. The van der Waals surface area contributed by atoms with E-state index in [0.29, 0.717) is 12.3 Å². The normalized spacial score (nSPS) is 10.0. The first kappa shape index (κ1) is 15.3. The fourth-order valence-electron chi connectivity index (χ4n) is 1.27. The Labute approximate surface area is 116 Å². The molecule has 1 aromatic carbocycles. The molecular weight excluding hydrogens is 270 g/mol. The molecule has 0 aromatic heterocycles. The smallest absolute Gasteiger partial charge is 0.344 e. The summed E-state index contributed by atoms with van der Waals surface area (Å²) >= 11 is 5.85. The highest BCUT2D eigenvalue weighted by atomic mass is 35.5. The summed E-state index contributed by atoms with van der Waals surface area (Å²) in [5, 5.41) is 0.185. The number of ether oxygens (including phenoxy) is 2. The number of hydrogen-bond acceptors (Lipinski definition) is 5. The molecule has 0 unspecified atom stereocenters. The Morgan fingerprint density at radius 1 is 1.32 bits per heavy atom. The van der Waals surface area contributed by atoms with Crippen molar-refractivity contribution in [2.24, 2.45) is 0 Å². The van der Waals surface area contributed by atoms with Gasteiger partial charge in [0.1, 0.15) is 0 Å². The zero-order chi connectivity index (χ0) is 14.3. The SMILES string of the molecule is CCCCOC(=O)COC(=O)c1ccc(N)cc1Cl. The Kier molecular flexibility index (Phi) is 6.15. The lowest BCUT2D eigenvalue weighted by Crippen LogP contribution is -2.17. The van der Waals surface area contributed by atoms with Crippen LogP contribution in [0.4, 0.5) is 5.69 Å². The number of nitrogen functional groups attached to an aromatic ring is 1. The first-order valence-electron chi connectivity index (χ1n) is 5.92. The standard InChI is InChI=1S/C13H16ClNO4/c1-2-3-6-18-12(16)8-19-13(17)10-5-4-9(15)7-11(10)14/h4-5,7H,2-3,6,8,15H2,1H3. The lowest BCUT2D eigenvalue weighted by molar-refractivity contribution is -0.147. The van der Waals surface area contributed by atoms with Crippen molar-refractivity contribution in [3.05, 3.63) is 28.8 Å². The second kappa shape index (κ2) is 7.63. The van der Waals surface area contributed by atoms with Gasteiger partial charge in [0.05, 0.1) is 17.2 Å². The molecule has 104 valence electrons. The van der Waals surface area contributed by atoms with Crippen LogP contribution in [0.25, 0.3) is 0 Å². The summed E-state index contributed by atoms with van der Waals surface area (Å²) in [6.45, 7) is 1.88. The predicted molar refractivity (Wildman–Crippen MR) is 72.0 cm³/mol. The fourth-order valence-corrected chi connectivity index (χ4v) is 1.54. The highest BCUT2D eigenvalue weighted by molar-refractivity contribution is 6.33. The van der Waals surface area contributed by atoms with Crippen LogP contribution in [0.5, 0.6) is 0 Å². The number of rotatable bonds is 6. The fraction of sp³-hybridized carbons (Fsp3) is 0.385. The molecule has 0 amide bonds. The number of nitrogens with two attached hydrogens (primary N) is 1. The minimum absolute atomic E-state index is 0.164. The van der Waals surface area contributed by atoms with E-state index in [2.05, 4.69) is 0 Å². The molecule has 1 rings (SSSR count). The zero-order valence-corrected chi connectivity index (χ0v) is 11.4. The number of anilines is 1. The van der Waals surface area contributed by atoms with Crippen molar-refractivity contribution in [1.29, 1.82) is 0 Å². The molecule has 1 aromatic rings. The van der Waals surface area contributed by atoms with E-state index in [1.807, 2.05) is 6.92 Å². The average Bonchev–Trinajstić information content (AvgIpc) is 2.36. The summed E-state index contributed by atoms with van der Waals surface area (Å²) in [6.07, 6.45) is 1.71. The molecule has 0 atom stereocenters. The maximum Gasteiger partial charge on any atom is 0.344 e.